The van der Waals surface area contributed by atoms with Crippen molar-refractivity contribution in [3.63, 3.8) is 0 Å². The molecule has 0 radical (unpaired) electrons. The first-order valence-electron chi connectivity index (χ1n) is 8.62. The minimum Gasteiger partial charge on any atom is -0.372 e. The number of halogens is 1. The summed E-state index contributed by atoms with van der Waals surface area (Å²) in [5, 5.41) is 3.78. The number of benzene rings is 1. The molecule has 0 saturated carbocycles. The lowest BCUT2D eigenvalue weighted by Crippen LogP contribution is -2.45. The molecule has 3 rings (SSSR count). The number of hydrogen-bond donors (Lipinski definition) is 1. The molecule has 6 nitrogen and oxygen atoms in total. The number of nitrogens with zero attached hydrogens (tertiary/aromatic N) is 1. The minimum absolute atomic E-state index is 0.0216. The third-order valence-corrected chi connectivity index (χ3v) is 5.91. The molecular weight excluding hydrogens is 359 g/mol. The predicted molar refractivity (Wildman–Crippen MR) is 98.3 cm³/mol. The summed E-state index contributed by atoms with van der Waals surface area (Å²) in [4.78, 5) is 14.0. The van der Waals surface area contributed by atoms with Crippen molar-refractivity contribution in [3.05, 3.63) is 35.5 Å². The van der Waals surface area contributed by atoms with Crippen LogP contribution in [0.15, 0.2) is 29.7 Å². The largest absolute Gasteiger partial charge is 0.372 e. The zero-order chi connectivity index (χ0) is 18.9. The Morgan fingerprint density at radius 1 is 1.31 bits per heavy atom. The zero-order valence-electron chi connectivity index (χ0n) is 14.8. The van der Waals surface area contributed by atoms with E-state index in [9.17, 15) is 17.6 Å². The number of nitrogens with one attached hydrogen (secondary N) is 1. The van der Waals surface area contributed by atoms with Gasteiger partial charge in [0.25, 0.3) is 0 Å². The Morgan fingerprint density at radius 2 is 2.00 bits per heavy atom. The van der Waals surface area contributed by atoms with Crippen LogP contribution in [0, 0.1) is 11.7 Å². The van der Waals surface area contributed by atoms with Crippen LogP contribution < -0.4 is 10.2 Å². The standard InChI is InChI=1S/C18H23FN2O4S/c1-12-9-21(10-13(2)25-12)17-4-3-15(8-16(17)19)20-18(22)7-14-5-6-26(23,24)11-14/h3-6,8,12-14H,7,9-11H2,1-2H3,(H,20,22)/t12-,13+,14-/m0/s1. The Kier molecular flexibility index (Phi) is 5.34. The lowest BCUT2D eigenvalue weighted by Gasteiger charge is -2.37. The van der Waals surface area contributed by atoms with Crippen molar-refractivity contribution < 1.29 is 22.3 Å². The predicted octanol–water partition coefficient (Wildman–Crippen LogP) is 2.33. The summed E-state index contributed by atoms with van der Waals surface area (Å²) < 4.78 is 42.9. The van der Waals surface area contributed by atoms with E-state index in [1.807, 2.05) is 18.7 Å². The van der Waals surface area contributed by atoms with Gasteiger partial charge in [0.05, 0.1) is 23.6 Å². The second-order valence-electron chi connectivity index (χ2n) is 7.00. The molecule has 142 valence electrons. The van der Waals surface area contributed by atoms with Crippen LogP contribution in [0.2, 0.25) is 0 Å². The Morgan fingerprint density at radius 3 is 2.58 bits per heavy atom. The van der Waals surface area contributed by atoms with Crippen LogP contribution in [-0.2, 0) is 19.4 Å². The first kappa shape index (κ1) is 18.8. The van der Waals surface area contributed by atoms with Crippen LogP contribution in [-0.4, -0.2) is 45.4 Å². The summed E-state index contributed by atoms with van der Waals surface area (Å²) in [7, 11) is -3.18. The van der Waals surface area contributed by atoms with Gasteiger partial charge in [0.2, 0.25) is 5.91 Å². The van der Waals surface area contributed by atoms with E-state index >= 15 is 0 Å². The monoisotopic (exact) mass is 382 g/mol. The molecule has 2 aliphatic heterocycles. The minimum atomic E-state index is -3.18. The third-order valence-electron chi connectivity index (χ3n) is 4.44. The SMILES string of the molecule is C[C@@H]1CN(c2ccc(NC(=O)C[C@@H]3C=CS(=O)(=O)C3)cc2F)C[C@H](C)O1. The summed E-state index contributed by atoms with van der Waals surface area (Å²) in [6, 6.07) is 4.59. The van der Waals surface area contributed by atoms with E-state index in [0.29, 0.717) is 24.5 Å². The van der Waals surface area contributed by atoms with Crippen LogP contribution in [0.4, 0.5) is 15.8 Å². The fraction of sp³-hybridized carbons (Fsp3) is 0.500. The highest BCUT2D eigenvalue weighted by Gasteiger charge is 2.25. The van der Waals surface area contributed by atoms with Gasteiger partial charge in [-0.15, -0.1) is 0 Å². The topological polar surface area (TPSA) is 75.7 Å². The van der Waals surface area contributed by atoms with Crippen LogP contribution in [0.1, 0.15) is 20.3 Å². The number of carbonyl (C=O) groups is 1. The van der Waals surface area contributed by atoms with E-state index in [1.165, 1.54) is 12.1 Å². The molecule has 1 aromatic carbocycles. The molecule has 8 heteroatoms. The molecule has 2 heterocycles. The van der Waals surface area contributed by atoms with Gasteiger partial charge in [-0.05, 0) is 32.0 Å². The second kappa shape index (κ2) is 7.36. The van der Waals surface area contributed by atoms with Gasteiger partial charge in [-0.2, -0.15) is 0 Å². The quantitative estimate of drug-likeness (QED) is 0.865. The van der Waals surface area contributed by atoms with E-state index in [4.69, 9.17) is 4.74 Å². The number of amides is 1. The van der Waals surface area contributed by atoms with Gasteiger partial charge in [0.15, 0.2) is 9.84 Å². The number of ether oxygens (including phenoxy) is 1. The molecule has 0 unspecified atom stereocenters. The molecule has 0 aromatic heterocycles. The summed E-state index contributed by atoms with van der Waals surface area (Å²) in [6.45, 7) is 5.12. The lowest BCUT2D eigenvalue weighted by molar-refractivity contribution is -0.116. The first-order valence-corrected chi connectivity index (χ1v) is 10.3. The number of morpholine rings is 1. The number of allylic oxidation sites excluding steroid dienone is 1. The van der Waals surface area contributed by atoms with Crippen LogP contribution >= 0.6 is 0 Å². The van der Waals surface area contributed by atoms with Gasteiger partial charge < -0.3 is 15.0 Å². The molecule has 1 aromatic rings. The Balaban J connectivity index is 1.62. The van der Waals surface area contributed by atoms with Gasteiger partial charge >= 0.3 is 0 Å². The van der Waals surface area contributed by atoms with Gasteiger partial charge in [-0.3, -0.25) is 4.79 Å². The van der Waals surface area contributed by atoms with Gasteiger partial charge in [0, 0.05) is 36.5 Å². The third kappa shape index (κ3) is 4.62. The van der Waals surface area contributed by atoms with E-state index in [-0.39, 0.29) is 36.2 Å². The highest BCUT2D eigenvalue weighted by atomic mass is 32.2. The number of hydrogen-bond acceptors (Lipinski definition) is 5. The maximum Gasteiger partial charge on any atom is 0.224 e. The summed E-state index contributed by atoms with van der Waals surface area (Å²) in [5.74, 6) is -1.13. The fourth-order valence-electron chi connectivity index (χ4n) is 3.43. The fourth-order valence-corrected chi connectivity index (χ4v) is 4.83. The van der Waals surface area contributed by atoms with Crippen LogP contribution in [0.5, 0.6) is 0 Å². The molecule has 3 atom stereocenters. The molecule has 0 bridgehead atoms. The van der Waals surface area contributed by atoms with Gasteiger partial charge in [-0.25, -0.2) is 12.8 Å². The van der Waals surface area contributed by atoms with Crippen molar-refractivity contribution >= 4 is 27.1 Å². The van der Waals surface area contributed by atoms with E-state index in [1.54, 1.807) is 12.1 Å². The number of anilines is 2. The van der Waals surface area contributed by atoms with Crippen LogP contribution in [0.25, 0.3) is 0 Å². The maximum absolute atomic E-state index is 14.5. The molecule has 1 amide bonds. The molecule has 2 aliphatic rings. The zero-order valence-corrected chi connectivity index (χ0v) is 15.6. The summed E-state index contributed by atoms with van der Waals surface area (Å²) in [5.41, 5.74) is 0.838. The molecule has 26 heavy (non-hydrogen) atoms. The normalized spacial score (nSPS) is 27.5. The van der Waals surface area contributed by atoms with Gasteiger partial charge in [0.1, 0.15) is 5.82 Å². The Hall–Kier alpha value is -1.93. The average Bonchev–Trinajstić information content (AvgIpc) is 2.84. The lowest BCUT2D eigenvalue weighted by atomic mass is 10.1. The highest BCUT2D eigenvalue weighted by Crippen LogP contribution is 2.26. The first-order chi connectivity index (χ1) is 12.2. The van der Waals surface area contributed by atoms with Gasteiger partial charge in [-0.1, -0.05) is 6.08 Å². The molecule has 0 spiro atoms. The summed E-state index contributed by atoms with van der Waals surface area (Å²) >= 11 is 0. The second-order valence-corrected chi connectivity index (χ2v) is 8.93. The molecule has 1 N–H and O–H groups in total. The average molecular weight is 382 g/mol. The molecule has 1 fully saturated rings. The van der Waals surface area contributed by atoms with Crippen molar-refractivity contribution in [1.82, 2.24) is 0 Å². The molecule has 1 saturated heterocycles. The van der Waals surface area contributed by atoms with E-state index < -0.39 is 15.7 Å². The smallest absolute Gasteiger partial charge is 0.224 e. The number of rotatable bonds is 4. The number of sulfone groups is 1. The highest BCUT2D eigenvalue weighted by molar-refractivity contribution is 7.94. The van der Waals surface area contributed by atoms with E-state index in [0.717, 1.165) is 5.41 Å². The van der Waals surface area contributed by atoms with Crippen molar-refractivity contribution in [2.75, 3.05) is 29.1 Å². The maximum atomic E-state index is 14.5. The van der Waals surface area contributed by atoms with Crippen molar-refractivity contribution in [2.45, 2.75) is 32.5 Å². The molecular formula is C18H23FN2O4S. The van der Waals surface area contributed by atoms with Crippen molar-refractivity contribution in [2.24, 2.45) is 5.92 Å². The Bertz CT molecular complexity index is 814. The van der Waals surface area contributed by atoms with Crippen molar-refractivity contribution in [1.29, 1.82) is 0 Å². The van der Waals surface area contributed by atoms with Crippen molar-refractivity contribution in [3.8, 4) is 0 Å². The summed E-state index contributed by atoms with van der Waals surface area (Å²) in [6.07, 6.45) is 1.62. The number of carbonyl (C=O) groups excluding carboxylic acids is 1. The Labute approximate surface area is 152 Å². The van der Waals surface area contributed by atoms with E-state index in [2.05, 4.69) is 5.32 Å². The van der Waals surface area contributed by atoms with Crippen LogP contribution in [0.3, 0.4) is 0 Å². The molecule has 0 aliphatic carbocycles.